The lowest BCUT2D eigenvalue weighted by atomic mass is 10.1. The van der Waals surface area contributed by atoms with Crippen LogP contribution in [0, 0.1) is 0 Å². The van der Waals surface area contributed by atoms with Gasteiger partial charge < -0.3 is 19.6 Å². The number of hydrogen-bond acceptors (Lipinski definition) is 5. The summed E-state index contributed by atoms with van der Waals surface area (Å²) in [6.07, 6.45) is -1.42. The fourth-order valence-electron chi connectivity index (χ4n) is 2.56. The van der Waals surface area contributed by atoms with Crippen LogP contribution in [0.4, 0.5) is 0 Å². The number of rotatable bonds is 6. The molecule has 6 nitrogen and oxygen atoms in total. The largest absolute Gasteiger partial charge is 0.459 e. The highest BCUT2D eigenvalue weighted by molar-refractivity contribution is 5.83. The van der Waals surface area contributed by atoms with Crippen molar-refractivity contribution in [2.75, 3.05) is 6.61 Å². The first-order valence-corrected chi connectivity index (χ1v) is 8.22. The van der Waals surface area contributed by atoms with Crippen molar-refractivity contribution in [3.63, 3.8) is 0 Å². The van der Waals surface area contributed by atoms with Crippen molar-refractivity contribution in [1.82, 2.24) is 5.32 Å². The molecule has 0 bridgehead atoms. The van der Waals surface area contributed by atoms with E-state index in [2.05, 4.69) is 5.32 Å². The zero-order valence-electron chi connectivity index (χ0n) is 14.2. The maximum atomic E-state index is 12.0. The number of furan rings is 1. The molecular formula is C20H19NO5. The number of carbonyl (C=O) groups excluding carboxylic acids is 2. The van der Waals surface area contributed by atoms with Gasteiger partial charge in [0.1, 0.15) is 11.3 Å². The van der Waals surface area contributed by atoms with E-state index in [-0.39, 0.29) is 6.04 Å². The molecule has 2 N–H and O–H groups in total. The van der Waals surface area contributed by atoms with Gasteiger partial charge in [-0.05, 0) is 24.6 Å². The van der Waals surface area contributed by atoms with E-state index in [9.17, 15) is 14.7 Å². The van der Waals surface area contributed by atoms with E-state index in [1.165, 1.54) is 0 Å². The van der Waals surface area contributed by atoms with E-state index >= 15 is 0 Å². The number of aliphatic hydroxyl groups excluding tert-OH is 1. The van der Waals surface area contributed by atoms with Crippen molar-refractivity contribution in [3.8, 4) is 0 Å². The minimum atomic E-state index is -1.42. The standard InChI is InChI=1S/C20H19NO5/c1-13(17-11-15-9-5-6-10-16(15)26-17)21-18(22)12-25-20(24)19(23)14-7-3-2-4-8-14/h2-11,13,19,23H,12H2,1H3,(H,21,22)/t13-,19+/m1/s1. The molecule has 0 aliphatic carbocycles. The van der Waals surface area contributed by atoms with E-state index in [4.69, 9.17) is 9.15 Å². The van der Waals surface area contributed by atoms with E-state index in [0.29, 0.717) is 11.3 Å². The number of benzene rings is 2. The monoisotopic (exact) mass is 353 g/mol. The first-order valence-electron chi connectivity index (χ1n) is 8.22. The lowest BCUT2D eigenvalue weighted by Crippen LogP contribution is -2.31. The first kappa shape index (κ1) is 17.7. The van der Waals surface area contributed by atoms with Gasteiger partial charge >= 0.3 is 5.97 Å². The number of fused-ring (bicyclic) bond motifs is 1. The number of ether oxygens (including phenoxy) is 1. The summed E-state index contributed by atoms with van der Waals surface area (Å²) in [6, 6.07) is 17.4. The molecule has 3 rings (SSSR count). The van der Waals surface area contributed by atoms with Crippen LogP contribution in [0.25, 0.3) is 11.0 Å². The highest BCUT2D eigenvalue weighted by Gasteiger charge is 2.21. The number of carbonyl (C=O) groups is 2. The van der Waals surface area contributed by atoms with Crippen molar-refractivity contribution in [2.45, 2.75) is 19.1 Å². The smallest absolute Gasteiger partial charge is 0.340 e. The van der Waals surface area contributed by atoms with Crippen LogP contribution in [0.1, 0.15) is 30.4 Å². The number of nitrogens with one attached hydrogen (secondary N) is 1. The Morgan fingerprint density at radius 3 is 2.54 bits per heavy atom. The molecule has 1 aromatic heterocycles. The second kappa shape index (κ2) is 7.84. The van der Waals surface area contributed by atoms with Gasteiger partial charge in [-0.25, -0.2) is 4.79 Å². The van der Waals surface area contributed by atoms with Gasteiger partial charge in [-0.3, -0.25) is 4.79 Å². The second-order valence-corrected chi connectivity index (χ2v) is 5.90. The summed E-state index contributed by atoms with van der Waals surface area (Å²) in [6.45, 7) is 1.30. The van der Waals surface area contributed by atoms with Crippen LogP contribution in [-0.2, 0) is 14.3 Å². The van der Waals surface area contributed by atoms with Crippen LogP contribution in [0.3, 0.4) is 0 Å². The molecule has 2 aromatic carbocycles. The number of para-hydroxylation sites is 1. The fraction of sp³-hybridized carbons (Fsp3) is 0.200. The molecule has 0 spiro atoms. The van der Waals surface area contributed by atoms with Gasteiger partial charge in [0.2, 0.25) is 0 Å². The molecular weight excluding hydrogens is 334 g/mol. The number of amides is 1. The molecule has 6 heteroatoms. The van der Waals surface area contributed by atoms with Gasteiger partial charge in [-0.1, -0.05) is 48.5 Å². The molecule has 0 fully saturated rings. The van der Waals surface area contributed by atoms with Crippen LogP contribution < -0.4 is 5.32 Å². The number of esters is 1. The molecule has 0 unspecified atom stereocenters. The van der Waals surface area contributed by atoms with Crippen molar-refractivity contribution in [3.05, 3.63) is 72.0 Å². The minimum absolute atomic E-state index is 0.382. The summed E-state index contributed by atoms with van der Waals surface area (Å²) in [4.78, 5) is 23.8. The van der Waals surface area contributed by atoms with Crippen LogP contribution >= 0.6 is 0 Å². The first-order chi connectivity index (χ1) is 12.5. The Morgan fingerprint density at radius 1 is 1.12 bits per heavy atom. The summed E-state index contributed by atoms with van der Waals surface area (Å²) in [5.74, 6) is -0.746. The maximum Gasteiger partial charge on any atom is 0.340 e. The average Bonchev–Trinajstić information content (AvgIpc) is 3.10. The molecule has 26 heavy (non-hydrogen) atoms. The fourth-order valence-corrected chi connectivity index (χ4v) is 2.56. The predicted octanol–water partition coefficient (Wildman–Crippen LogP) is 2.89. The normalized spacial score (nSPS) is 13.2. The second-order valence-electron chi connectivity index (χ2n) is 5.90. The van der Waals surface area contributed by atoms with Crippen molar-refractivity contribution in [2.24, 2.45) is 0 Å². The quantitative estimate of drug-likeness (QED) is 0.665. The molecule has 0 radical (unpaired) electrons. The molecule has 2 atom stereocenters. The molecule has 3 aromatic rings. The molecule has 134 valence electrons. The Morgan fingerprint density at radius 2 is 1.81 bits per heavy atom. The molecule has 1 heterocycles. The van der Waals surface area contributed by atoms with Gasteiger partial charge in [0.15, 0.2) is 12.7 Å². The summed E-state index contributed by atoms with van der Waals surface area (Å²) in [5, 5.41) is 13.6. The van der Waals surface area contributed by atoms with Crippen LogP contribution in [-0.4, -0.2) is 23.6 Å². The third-order valence-electron chi connectivity index (χ3n) is 3.93. The van der Waals surface area contributed by atoms with Crippen molar-refractivity contribution in [1.29, 1.82) is 0 Å². The molecule has 0 saturated heterocycles. The topological polar surface area (TPSA) is 88.8 Å². The SMILES string of the molecule is C[C@@H](NC(=O)COC(=O)[C@@H](O)c1ccccc1)c1cc2ccccc2o1. The van der Waals surface area contributed by atoms with Gasteiger partial charge in [-0.2, -0.15) is 0 Å². The Labute approximate surface area is 150 Å². The zero-order valence-corrected chi connectivity index (χ0v) is 14.2. The van der Waals surface area contributed by atoms with Gasteiger partial charge in [-0.15, -0.1) is 0 Å². The molecule has 0 aliphatic rings. The lowest BCUT2D eigenvalue weighted by molar-refractivity contribution is -0.157. The van der Waals surface area contributed by atoms with E-state index in [1.54, 1.807) is 37.3 Å². The van der Waals surface area contributed by atoms with E-state index in [0.717, 1.165) is 11.0 Å². The maximum absolute atomic E-state index is 12.0. The molecule has 1 amide bonds. The predicted molar refractivity (Wildman–Crippen MR) is 95.1 cm³/mol. The number of hydrogen-bond donors (Lipinski definition) is 2. The summed E-state index contributed by atoms with van der Waals surface area (Å²) >= 11 is 0. The highest BCUT2D eigenvalue weighted by Crippen LogP contribution is 2.23. The van der Waals surface area contributed by atoms with Crippen molar-refractivity contribution < 1.29 is 23.8 Å². The highest BCUT2D eigenvalue weighted by atomic mass is 16.5. The lowest BCUT2D eigenvalue weighted by Gasteiger charge is -2.13. The van der Waals surface area contributed by atoms with Gasteiger partial charge in [0.05, 0.1) is 6.04 Å². The Balaban J connectivity index is 1.52. The minimum Gasteiger partial charge on any atom is -0.459 e. The molecule has 0 saturated carbocycles. The Hall–Kier alpha value is -3.12. The molecule has 0 aliphatic heterocycles. The number of aliphatic hydroxyl groups is 1. The zero-order chi connectivity index (χ0) is 18.5. The summed E-state index contributed by atoms with van der Waals surface area (Å²) in [5.41, 5.74) is 1.15. The van der Waals surface area contributed by atoms with Crippen LogP contribution in [0.5, 0.6) is 0 Å². The van der Waals surface area contributed by atoms with E-state index in [1.807, 2.05) is 30.3 Å². The Bertz CT molecular complexity index is 870. The summed E-state index contributed by atoms with van der Waals surface area (Å²) < 4.78 is 10.6. The van der Waals surface area contributed by atoms with Gasteiger partial charge in [0.25, 0.3) is 5.91 Å². The third-order valence-corrected chi connectivity index (χ3v) is 3.93. The van der Waals surface area contributed by atoms with Crippen molar-refractivity contribution >= 4 is 22.8 Å². The average molecular weight is 353 g/mol. The van der Waals surface area contributed by atoms with E-state index < -0.39 is 24.6 Å². The van der Waals surface area contributed by atoms with Gasteiger partial charge in [0, 0.05) is 5.39 Å². The summed E-state index contributed by atoms with van der Waals surface area (Å²) in [7, 11) is 0. The Kier molecular flexibility index (Phi) is 5.34. The van der Waals surface area contributed by atoms with Crippen LogP contribution in [0.2, 0.25) is 0 Å². The van der Waals surface area contributed by atoms with Crippen LogP contribution in [0.15, 0.2) is 65.1 Å². The third kappa shape index (κ3) is 4.10.